The fourth-order valence-electron chi connectivity index (χ4n) is 14.9. The van der Waals surface area contributed by atoms with Crippen LogP contribution in [0.25, 0.3) is 0 Å². The van der Waals surface area contributed by atoms with E-state index in [1.54, 1.807) is 21.0 Å². The van der Waals surface area contributed by atoms with Crippen molar-refractivity contribution in [2.45, 2.75) is 148 Å². The van der Waals surface area contributed by atoms with E-state index in [1.807, 2.05) is 0 Å². The number of carbonyl (C=O) groups is 1. The molecule has 302 valence electrons. The number of hydrogen-bond donors (Lipinski definition) is 3. The van der Waals surface area contributed by atoms with Gasteiger partial charge in [-0.15, -0.1) is 0 Å². The predicted octanol–water partition coefficient (Wildman–Crippen LogP) is 3.82. The van der Waals surface area contributed by atoms with Crippen molar-refractivity contribution in [2.24, 2.45) is 57.0 Å². The monoisotopic (exact) mass is 746 g/mol. The Bertz CT molecular complexity index is 1390. The number of esters is 1. The number of carbonyl (C=O) groups excluding carboxylic acids is 1. The van der Waals surface area contributed by atoms with Gasteiger partial charge in [-0.05, 0) is 116 Å². The van der Waals surface area contributed by atoms with Gasteiger partial charge in [0.15, 0.2) is 12.4 Å². The summed E-state index contributed by atoms with van der Waals surface area (Å²) in [6.45, 7) is 22.0. The second-order valence-electron chi connectivity index (χ2n) is 20.7. The average molecular weight is 746 g/mol. The molecule has 0 radical (unpaired) electrons. The molecule has 5 aliphatic carbocycles. The molecule has 0 aromatic carbocycles. The molecule has 0 aromatic rings. The lowest BCUT2D eigenvalue weighted by Gasteiger charge is -2.63. The van der Waals surface area contributed by atoms with E-state index in [1.165, 1.54) is 13.3 Å². The summed E-state index contributed by atoms with van der Waals surface area (Å²) >= 11 is 0. The van der Waals surface area contributed by atoms with Crippen LogP contribution >= 0.6 is 0 Å². The lowest BCUT2D eigenvalue weighted by Crippen LogP contribution is -2.70. The lowest BCUT2D eigenvalue weighted by molar-refractivity contribution is -0.247. The number of fused-ring (bicyclic) bond motifs is 4. The number of nitrogens with zero attached hydrogens (tertiary/aromatic N) is 2. The number of aliphatic hydroxyl groups is 2. The van der Waals surface area contributed by atoms with Gasteiger partial charge in [0, 0.05) is 53.3 Å². The molecule has 5 saturated carbocycles. The topological polar surface area (TPSA) is 136 Å². The quantitative estimate of drug-likeness (QED) is 0.282. The molecule has 3 heterocycles. The highest BCUT2D eigenvalue weighted by Crippen LogP contribution is 2.87. The van der Waals surface area contributed by atoms with Crippen molar-refractivity contribution in [3.63, 3.8) is 0 Å². The summed E-state index contributed by atoms with van der Waals surface area (Å²) in [5, 5.41) is 23.6. The first kappa shape index (κ1) is 39.0. The Morgan fingerprint density at radius 1 is 1.04 bits per heavy atom. The molecular formula is C42H71N3O8. The van der Waals surface area contributed by atoms with Crippen LogP contribution in [0, 0.1) is 51.2 Å². The first-order chi connectivity index (χ1) is 24.9. The number of aliphatic hydroxyl groups excluding tert-OH is 1. The lowest BCUT2D eigenvalue weighted by atomic mass is 9.43. The second kappa shape index (κ2) is 13.3. The van der Waals surface area contributed by atoms with E-state index in [9.17, 15) is 15.0 Å². The smallest absolute Gasteiger partial charge is 0.303 e. The molecule has 3 aliphatic heterocycles. The molecule has 0 amide bonds. The molecule has 0 aromatic heterocycles. The normalized spacial score (nSPS) is 48.7. The van der Waals surface area contributed by atoms with Crippen molar-refractivity contribution in [1.29, 1.82) is 0 Å². The van der Waals surface area contributed by atoms with Crippen molar-refractivity contribution in [1.82, 2.24) is 9.80 Å². The van der Waals surface area contributed by atoms with E-state index in [0.29, 0.717) is 18.3 Å². The summed E-state index contributed by atoms with van der Waals surface area (Å²) in [7, 11) is 1.77. The van der Waals surface area contributed by atoms with Crippen LogP contribution in [0.15, 0.2) is 0 Å². The van der Waals surface area contributed by atoms with Crippen LogP contribution in [0.3, 0.4) is 0 Å². The molecule has 11 heteroatoms. The zero-order chi connectivity index (χ0) is 37.9. The van der Waals surface area contributed by atoms with E-state index in [-0.39, 0.29) is 51.8 Å². The molecule has 8 rings (SSSR count). The van der Waals surface area contributed by atoms with Crippen LogP contribution in [0.5, 0.6) is 0 Å². The molecule has 8 aliphatic rings. The van der Waals surface area contributed by atoms with E-state index in [0.717, 1.165) is 91.0 Å². The number of morpholine rings is 1. The number of ether oxygens (including phenoxy) is 5. The van der Waals surface area contributed by atoms with Crippen LogP contribution in [-0.4, -0.2) is 134 Å². The van der Waals surface area contributed by atoms with Crippen molar-refractivity contribution in [3.05, 3.63) is 0 Å². The maximum atomic E-state index is 12.5. The standard InChI is InChI=1S/C42H71N3O8/c1-25-19-28(36(38(5,6)48)51-26(2)46)52-34-33(25)39(7)13-14-41-24-40(41)12-11-31(37(3,4)29(40)9-10-30(41)42(39,43)35(34)47)53-32-23-45(16-18-50-32)22-27-20-44(21-27)15-17-49-8/h25,27-36,47-48H,9-24,43H2,1-8H3/t25-,28?,29+,30?,31+,32+,33+,34?,35+,36+,39-,40?,41?,42+/m1/s1. The fraction of sp³-hybridized carbons (Fsp3) is 0.976. The zero-order valence-corrected chi connectivity index (χ0v) is 34.0. The van der Waals surface area contributed by atoms with E-state index >= 15 is 0 Å². The van der Waals surface area contributed by atoms with Crippen molar-refractivity contribution < 1.29 is 38.7 Å². The molecule has 0 bridgehead atoms. The van der Waals surface area contributed by atoms with Gasteiger partial charge in [0.25, 0.3) is 0 Å². The second-order valence-corrected chi connectivity index (χ2v) is 20.7. The van der Waals surface area contributed by atoms with Crippen LogP contribution in [0.1, 0.15) is 99.8 Å². The largest absolute Gasteiger partial charge is 0.457 e. The Kier molecular flexibility index (Phi) is 9.80. The van der Waals surface area contributed by atoms with Gasteiger partial charge in [-0.3, -0.25) is 9.69 Å². The SMILES string of the molecule is COCCN1CC(CN2CCO[C@@H](O[C@H]3CCC45CC46CC[C@]4(C)[C@@H]7C(OC([C@H](OC(C)=O)C(C)(C)O)C[C@H]7C)[C@H](O)[C@@]4(N)C6CC[C@H]5C3(C)C)C2)C1. The first-order valence-electron chi connectivity index (χ1n) is 21.1. The van der Waals surface area contributed by atoms with Gasteiger partial charge in [-0.1, -0.05) is 27.7 Å². The van der Waals surface area contributed by atoms with Crippen molar-refractivity contribution in [3.8, 4) is 0 Å². The highest BCUT2D eigenvalue weighted by atomic mass is 16.7. The maximum absolute atomic E-state index is 12.5. The number of likely N-dealkylation sites (tertiary alicyclic amines) is 1. The molecule has 5 unspecified atom stereocenters. The molecule has 14 atom stereocenters. The third-order valence-electron chi connectivity index (χ3n) is 17.2. The molecule has 53 heavy (non-hydrogen) atoms. The Hall–Kier alpha value is -0.890. The van der Waals surface area contributed by atoms with Crippen molar-refractivity contribution >= 4 is 5.97 Å². The molecule has 4 N–H and O–H groups in total. The summed E-state index contributed by atoms with van der Waals surface area (Å²) in [5.74, 6) is 1.32. The molecule has 3 saturated heterocycles. The Morgan fingerprint density at radius 3 is 2.45 bits per heavy atom. The third-order valence-corrected chi connectivity index (χ3v) is 17.2. The van der Waals surface area contributed by atoms with E-state index in [2.05, 4.69) is 37.5 Å². The van der Waals surface area contributed by atoms with Gasteiger partial charge in [0.1, 0.15) is 0 Å². The van der Waals surface area contributed by atoms with Crippen LogP contribution in [-0.2, 0) is 28.5 Å². The molecular weight excluding hydrogens is 674 g/mol. The summed E-state index contributed by atoms with van der Waals surface area (Å²) in [5.41, 5.74) is 5.86. The van der Waals surface area contributed by atoms with Gasteiger partial charge in [-0.2, -0.15) is 0 Å². The van der Waals surface area contributed by atoms with Crippen LogP contribution in [0.4, 0.5) is 0 Å². The highest BCUT2D eigenvalue weighted by Gasteiger charge is 2.85. The first-order valence-corrected chi connectivity index (χ1v) is 21.1. The van der Waals surface area contributed by atoms with E-state index in [4.69, 9.17) is 29.4 Å². The number of hydrogen-bond acceptors (Lipinski definition) is 11. The zero-order valence-electron chi connectivity index (χ0n) is 34.0. The summed E-state index contributed by atoms with van der Waals surface area (Å²) in [6, 6.07) is 0. The fourth-order valence-corrected chi connectivity index (χ4v) is 14.9. The van der Waals surface area contributed by atoms with Gasteiger partial charge < -0.3 is 44.5 Å². The Labute approximate surface area is 318 Å². The average Bonchev–Trinajstić information content (AvgIpc) is 3.70. The minimum absolute atomic E-state index is 0.00659. The Morgan fingerprint density at radius 2 is 1.75 bits per heavy atom. The number of methoxy groups -OCH3 is 1. The van der Waals surface area contributed by atoms with Crippen LogP contribution in [0.2, 0.25) is 0 Å². The summed E-state index contributed by atoms with van der Waals surface area (Å²) in [6.07, 6.45) is 5.63. The van der Waals surface area contributed by atoms with Gasteiger partial charge in [0.05, 0.1) is 48.8 Å². The highest BCUT2D eigenvalue weighted by molar-refractivity contribution is 5.66. The van der Waals surface area contributed by atoms with Gasteiger partial charge >= 0.3 is 5.97 Å². The summed E-state index contributed by atoms with van der Waals surface area (Å²) < 4.78 is 31.0. The third kappa shape index (κ3) is 5.85. The minimum Gasteiger partial charge on any atom is -0.457 e. The van der Waals surface area contributed by atoms with Gasteiger partial charge in [-0.25, -0.2) is 0 Å². The number of nitrogens with two attached hydrogens (primary N) is 1. The predicted molar refractivity (Wildman–Crippen MR) is 200 cm³/mol. The molecule has 11 nitrogen and oxygen atoms in total. The number of rotatable bonds is 10. The maximum Gasteiger partial charge on any atom is 0.303 e. The van der Waals surface area contributed by atoms with E-state index < -0.39 is 41.5 Å². The molecule has 2 spiro atoms. The molecule has 8 fully saturated rings. The van der Waals surface area contributed by atoms with Gasteiger partial charge in [0.2, 0.25) is 0 Å². The van der Waals surface area contributed by atoms with Crippen molar-refractivity contribution in [2.75, 3.05) is 59.6 Å². The minimum atomic E-state index is -1.28. The van der Waals surface area contributed by atoms with Crippen LogP contribution < -0.4 is 5.73 Å². The Balaban J connectivity index is 0.957. The summed E-state index contributed by atoms with van der Waals surface area (Å²) in [4.78, 5) is 17.2.